The Balaban J connectivity index is 1.46. The third kappa shape index (κ3) is 4.47. The van der Waals surface area contributed by atoms with Crippen LogP contribution < -0.4 is 5.32 Å². The van der Waals surface area contributed by atoms with Crippen molar-refractivity contribution in [3.8, 4) is 0 Å². The van der Waals surface area contributed by atoms with Gasteiger partial charge < -0.3 is 5.32 Å². The molecule has 1 aromatic carbocycles. The third-order valence-corrected chi connectivity index (χ3v) is 7.38. The van der Waals surface area contributed by atoms with Gasteiger partial charge in [0.2, 0.25) is 10.0 Å². The second kappa shape index (κ2) is 8.26. The lowest BCUT2D eigenvalue weighted by molar-refractivity contribution is -0.380. The Morgan fingerprint density at radius 3 is 2.54 bits per heavy atom. The molecular formula is C17H21N3O4S2. The van der Waals surface area contributed by atoms with E-state index < -0.39 is 10.0 Å². The van der Waals surface area contributed by atoms with Crippen molar-refractivity contribution in [2.45, 2.75) is 24.3 Å². The Morgan fingerprint density at radius 1 is 1.23 bits per heavy atom. The Bertz CT molecular complexity index is 844. The summed E-state index contributed by atoms with van der Waals surface area (Å²) in [7, 11) is -3.40. The summed E-state index contributed by atoms with van der Waals surface area (Å²) in [5, 5.41) is 16.0. The molecule has 1 saturated heterocycles. The van der Waals surface area contributed by atoms with Crippen LogP contribution in [0.15, 0.2) is 46.7 Å². The molecule has 140 valence electrons. The van der Waals surface area contributed by atoms with Gasteiger partial charge in [-0.2, -0.15) is 4.31 Å². The number of thiophene rings is 1. The first-order valence-corrected chi connectivity index (χ1v) is 10.8. The number of nitro groups is 1. The topological polar surface area (TPSA) is 92.6 Å². The normalized spacial score (nSPS) is 16.6. The van der Waals surface area contributed by atoms with Gasteiger partial charge in [-0.3, -0.25) is 10.1 Å². The van der Waals surface area contributed by atoms with E-state index in [2.05, 4.69) is 5.32 Å². The van der Waals surface area contributed by atoms with E-state index in [1.54, 1.807) is 46.1 Å². The van der Waals surface area contributed by atoms with Gasteiger partial charge in [-0.1, -0.05) is 29.5 Å². The van der Waals surface area contributed by atoms with E-state index in [0.717, 1.165) is 36.3 Å². The van der Waals surface area contributed by atoms with Gasteiger partial charge in [0.15, 0.2) is 0 Å². The van der Waals surface area contributed by atoms with E-state index in [9.17, 15) is 18.5 Å². The van der Waals surface area contributed by atoms with Crippen molar-refractivity contribution in [3.05, 3.63) is 57.5 Å². The summed E-state index contributed by atoms with van der Waals surface area (Å²) >= 11 is 1.13. The van der Waals surface area contributed by atoms with Gasteiger partial charge in [0, 0.05) is 31.1 Å². The molecule has 0 aliphatic carbocycles. The van der Waals surface area contributed by atoms with Gasteiger partial charge in [-0.25, -0.2) is 8.42 Å². The number of sulfonamides is 1. The first-order valence-electron chi connectivity index (χ1n) is 8.44. The fourth-order valence-corrected chi connectivity index (χ4v) is 5.29. The van der Waals surface area contributed by atoms with Crippen molar-refractivity contribution in [3.63, 3.8) is 0 Å². The van der Waals surface area contributed by atoms with E-state index in [-0.39, 0.29) is 9.92 Å². The average Bonchev–Trinajstić information content (AvgIpc) is 3.12. The van der Waals surface area contributed by atoms with Crippen LogP contribution >= 0.6 is 11.3 Å². The van der Waals surface area contributed by atoms with Gasteiger partial charge in [0.05, 0.1) is 9.82 Å². The van der Waals surface area contributed by atoms with Gasteiger partial charge >= 0.3 is 5.00 Å². The minimum Gasteiger partial charge on any atom is -0.312 e. The van der Waals surface area contributed by atoms with E-state index in [0.29, 0.717) is 30.4 Å². The SMILES string of the molecule is O=[N+]([O-])c1cc(CNCC2CCN(S(=O)(=O)c3ccccc3)CC2)cs1. The zero-order chi connectivity index (χ0) is 18.6. The Labute approximate surface area is 156 Å². The van der Waals surface area contributed by atoms with Crippen molar-refractivity contribution < 1.29 is 13.3 Å². The minimum absolute atomic E-state index is 0.154. The van der Waals surface area contributed by atoms with Crippen LogP contribution in [0.2, 0.25) is 0 Å². The predicted octanol–water partition coefficient (Wildman–Crippen LogP) is 2.85. The number of benzene rings is 1. The number of hydrogen-bond acceptors (Lipinski definition) is 6. The Kier molecular flexibility index (Phi) is 6.02. The fourth-order valence-electron chi connectivity index (χ4n) is 3.07. The highest BCUT2D eigenvalue weighted by atomic mass is 32.2. The maximum atomic E-state index is 12.6. The minimum atomic E-state index is -3.40. The standard InChI is InChI=1S/C17H21N3O4S2/c21-20(22)17-10-15(13-25-17)12-18-11-14-6-8-19(9-7-14)26(23,24)16-4-2-1-3-5-16/h1-5,10,13-14,18H,6-9,11-12H2. The Morgan fingerprint density at radius 2 is 1.92 bits per heavy atom. The van der Waals surface area contributed by atoms with Crippen LogP contribution in [0.4, 0.5) is 5.00 Å². The average molecular weight is 396 g/mol. The van der Waals surface area contributed by atoms with Gasteiger partial charge in [-0.15, -0.1) is 0 Å². The maximum absolute atomic E-state index is 12.6. The number of nitrogens with zero attached hydrogens (tertiary/aromatic N) is 2. The summed E-state index contributed by atoms with van der Waals surface area (Å²) in [6.07, 6.45) is 1.62. The molecule has 1 N–H and O–H groups in total. The summed E-state index contributed by atoms with van der Waals surface area (Å²) in [5.41, 5.74) is 0.908. The van der Waals surface area contributed by atoms with Gasteiger partial charge in [0.25, 0.3) is 0 Å². The lowest BCUT2D eigenvalue weighted by Gasteiger charge is -2.31. The van der Waals surface area contributed by atoms with Gasteiger partial charge in [-0.05, 0) is 43.0 Å². The quantitative estimate of drug-likeness (QED) is 0.575. The highest BCUT2D eigenvalue weighted by Crippen LogP contribution is 2.24. The smallest absolute Gasteiger partial charge is 0.312 e. The summed E-state index contributed by atoms with van der Waals surface area (Å²) in [6.45, 7) is 2.41. The lowest BCUT2D eigenvalue weighted by atomic mass is 9.98. The van der Waals surface area contributed by atoms with Crippen molar-refractivity contribution in [1.82, 2.24) is 9.62 Å². The molecule has 0 radical (unpaired) electrons. The molecular weight excluding hydrogens is 374 g/mol. The zero-order valence-electron chi connectivity index (χ0n) is 14.2. The molecule has 1 fully saturated rings. The summed E-state index contributed by atoms with van der Waals surface area (Å²) in [5.74, 6) is 0.408. The molecule has 0 saturated carbocycles. The summed E-state index contributed by atoms with van der Waals surface area (Å²) in [6, 6.07) is 10.1. The highest BCUT2D eigenvalue weighted by molar-refractivity contribution is 7.89. The van der Waals surface area contributed by atoms with E-state index in [1.807, 2.05) is 0 Å². The number of nitrogens with one attached hydrogen (secondary N) is 1. The van der Waals surface area contributed by atoms with E-state index >= 15 is 0 Å². The van der Waals surface area contributed by atoms with Crippen molar-refractivity contribution >= 4 is 26.4 Å². The zero-order valence-corrected chi connectivity index (χ0v) is 15.8. The van der Waals surface area contributed by atoms with E-state index in [4.69, 9.17) is 0 Å². The van der Waals surface area contributed by atoms with Crippen molar-refractivity contribution in [2.24, 2.45) is 5.92 Å². The molecule has 0 spiro atoms. The molecule has 1 aromatic heterocycles. The molecule has 2 aromatic rings. The molecule has 1 aliphatic rings. The van der Waals surface area contributed by atoms with Crippen LogP contribution in [-0.2, 0) is 16.6 Å². The molecule has 3 rings (SSSR count). The fraction of sp³-hybridized carbons (Fsp3) is 0.412. The molecule has 26 heavy (non-hydrogen) atoms. The number of rotatable bonds is 7. The molecule has 0 unspecified atom stereocenters. The van der Waals surface area contributed by atoms with Crippen LogP contribution in [0.1, 0.15) is 18.4 Å². The van der Waals surface area contributed by atoms with Crippen LogP contribution in [0.25, 0.3) is 0 Å². The third-order valence-electron chi connectivity index (χ3n) is 4.54. The maximum Gasteiger partial charge on any atom is 0.324 e. The molecule has 2 heterocycles. The second-order valence-electron chi connectivity index (χ2n) is 6.34. The highest BCUT2D eigenvalue weighted by Gasteiger charge is 2.29. The molecule has 7 nitrogen and oxygen atoms in total. The van der Waals surface area contributed by atoms with E-state index in [1.165, 1.54) is 0 Å². The van der Waals surface area contributed by atoms with Crippen LogP contribution in [0.3, 0.4) is 0 Å². The first kappa shape index (κ1) is 19.0. The largest absolute Gasteiger partial charge is 0.324 e. The van der Waals surface area contributed by atoms with Gasteiger partial charge in [0.1, 0.15) is 0 Å². The number of hydrogen-bond donors (Lipinski definition) is 1. The summed E-state index contributed by atoms with van der Waals surface area (Å²) < 4.78 is 26.8. The molecule has 0 atom stereocenters. The van der Waals surface area contributed by atoms with Crippen molar-refractivity contribution in [1.29, 1.82) is 0 Å². The molecule has 9 heteroatoms. The second-order valence-corrected chi connectivity index (χ2v) is 9.17. The lowest BCUT2D eigenvalue weighted by Crippen LogP contribution is -2.40. The predicted molar refractivity (Wildman–Crippen MR) is 101 cm³/mol. The first-order chi connectivity index (χ1) is 12.5. The molecule has 1 aliphatic heterocycles. The molecule has 0 amide bonds. The summed E-state index contributed by atoms with van der Waals surface area (Å²) in [4.78, 5) is 10.7. The van der Waals surface area contributed by atoms with Crippen LogP contribution in [0.5, 0.6) is 0 Å². The Hall–Kier alpha value is -1.81. The monoisotopic (exact) mass is 395 g/mol. The molecule has 0 bridgehead atoms. The van der Waals surface area contributed by atoms with Crippen LogP contribution in [-0.4, -0.2) is 37.3 Å². The number of piperidine rings is 1. The van der Waals surface area contributed by atoms with Crippen LogP contribution in [0, 0.1) is 16.0 Å². The van der Waals surface area contributed by atoms with Crippen molar-refractivity contribution in [2.75, 3.05) is 19.6 Å².